The molecule has 152 valence electrons. The second-order valence-electron chi connectivity index (χ2n) is 7.08. The number of guanidine groups is 1. The van der Waals surface area contributed by atoms with Crippen molar-refractivity contribution in [2.45, 2.75) is 25.8 Å². The molecule has 0 amide bonds. The highest BCUT2D eigenvalue weighted by Crippen LogP contribution is 2.32. The first kappa shape index (κ1) is 22.1. The molecule has 1 heterocycles. The Morgan fingerprint density at radius 3 is 2.46 bits per heavy atom. The minimum Gasteiger partial charge on any atom is -0.497 e. The Bertz CT molecular complexity index is 807. The number of nitrogens with one attached hydrogen (secondary N) is 2. The molecule has 1 aliphatic rings. The lowest BCUT2D eigenvalue weighted by Gasteiger charge is -2.27. The fourth-order valence-electron chi connectivity index (χ4n) is 2.91. The molecular weight excluding hydrogens is 469 g/mol. The second kappa shape index (κ2) is 9.86. The zero-order valence-corrected chi connectivity index (χ0v) is 19.1. The van der Waals surface area contributed by atoms with Gasteiger partial charge < -0.3 is 24.8 Å². The maximum absolute atomic E-state index is 5.43. The molecule has 0 unspecified atom stereocenters. The highest BCUT2D eigenvalue weighted by molar-refractivity contribution is 14.0. The molecule has 6 nitrogen and oxygen atoms in total. The highest BCUT2D eigenvalue weighted by atomic mass is 127. The summed E-state index contributed by atoms with van der Waals surface area (Å²) in [5, 5.41) is 6.75. The van der Waals surface area contributed by atoms with Gasteiger partial charge in [0.25, 0.3) is 0 Å². The third-order valence-corrected chi connectivity index (χ3v) is 4.69. The quantitative estimate of drug-likeness (QED) is 0.362. The molecule has 7 heteroatoms. The number of methoxy groups -OCH3 is 1. The summed E-state index contributed by atoms with van der Waals surface area (Å²) in [7, 11) is 3.45. The second-order valence-corrected chi connectivity index (χ2v) is 7.08. The van der Waals surface area contributed by atoms with Gasteiger partial charge in [-0.25, -0.2) is 0 Å². The van der Waals surface area contributed by atoms with Crippen LogP contribution in [0.2, 0.25) is 0 Å². The normalized spacial score (nSPS) is 12.9. The van der Waals surface area contributed by atoms with Gasteiger partial charge in [-0.3, -0.25) is 4.99 Å². The van der Waals surface area contributed by atoms with E-state index in [0.717, 1.165) is 35.3 Å². The summed E-state index contributed by atoms with van der Waals surface area (Å²) >= 11 is 0. The van der Waals surface area contributed by atoms with Crippen LogP contribution in [0.4, 0.5) is 0 Å². The van der Waals surface area contributed by atoms with Gasteiger partial charge in [0.15, 0.2) is 17.5 Å². The first-order valence-electron chi connectivity index (χ1n) is 8.99. The zero-order chi connectivity index (χ0) is 19.3. The van der Waals surface area contributed by atoms with Gasteiger partial charge in [-0.05, 0) is 35.4 Å². The summed E-state index contributed by atoms with van der Waals surface area (Å²) in [5.74, 6) is 3.21. The van der Waals surface area contributed by atoms with Crippen LogP contribution >= 0.6 is 24.0 Å². The van der Waals surface area contributed by atoms with E-state index in [2.05, 4.69) is 41.6 Å². The summed E-state index contributed by atoms with van der Waals surface area (Å²) in [6.45, 7) is 6.09. The van der Waals surface area contributed by atoms with Gasteiger partial charge in [0.1, 0.15) is 5.75 Å². The third kappa shape index (κ3) is 5.43. The number of benzene rings is 2. The van der Waals surface area contributed by atoms with Crippen molar-refractivity contribution in [3.05, 3.63) is 53.6 Å². The van der Waals surface area contributed by atoms with E-state index in [1.807, 2.05) is 30.3 Å². The lowest BCUT2D eigenvalue weighted by molar-refractivity contribution is 0.174. The number of halogens is 1. The molecule has 2 aromatic rings. The van der Waals surface area contributed by atoms with E-state index in [1.165, 1.54) is 5.56 Å². The minimum atomic E-state index is -0.0529. The van der Waals surface area contributed by atoms with Crippen LogP contribution in [-0.4, -0.2) is 33.5 Å². The number of ether oxygens (including phenoxy) is 3. The van der Waals surface area contributed by atoms with Crippen LogP contribution < -0.4 is 24.8 Å². The molecule has 28 heavy (non-hydrogen) atoms. The van der Waals surface area contributed by atoms with Gasteiger partial charge in [-0.2, -0.15) is 0 Å². The number of hydrogen-bond donors (Lipinski definition) is 2. The van der Waals surface area contributed by atoms with E-state index >= 15 is 0 Å². The Balaban J connectivity index is 0.00000280. The SMILES string of the molecule is CN=C(NCc1ccc2c(c1)OCO2)NCC(C)(C)c1ccc(OC)cc1.I. The smallest absolute Gasteiger partial charge is 0.231 e. The summed E-state index contributed by atoms with van der Waals surface area (Å²) in [6, 6.07) is 14.1. The Hall–Kier alpha value is -2.16. The van der Waals surface area contributed by atoms with Crippen LogP contribution in [0.25, 0.3) is 0 Å². The average Bonchev–Trinajstić information content (AvgIpc) is 3.16. The number of fused-ring (bicyclic) bond motifs is 1. The van der Waals surface area contributed by atoms with Gasteiger partial charge in [0, 0.05) is 25.6 Å². The maximum Gasteiger partial charge on any atom is 0.231 e. The predicted octanol–water partition coefficient (Wildman–Crippen LogP) is 3.68. The molecule has 0 saturated heterocycles. The molecule has 0 bridgehead atoms. The molecule has 0 aliphatic carbocycles. The van der Waals surface area contributed by atoms with E-state index < -0.39 is 0 Å². The molecule has 0 fully saturated rings. The Morgan fingerprint density at radius 1 is 1.07 bits per heavy atom. The van der Waals surface area contributed by atoms with Crippen molar-refractivity contribution >= 4 is 29.9 Å². The Labute approximate surface area is 183 Å². The first-order chi connectivity index (χ1) is 13.0. The molecule has 2 N–H and O–H groups in total. The van der Waals surface area contributed by atoms with Crippen LogP contribution in [0.3, 0.4) is 0 Å². The van der Waals surface area contributed by atoms with Crippen molar-refractivity contribution in [3.8, 4) is 17.2 Å². The van der Waals surface area contributed by atoms with Crippen molar-refractivity contribution in [3.63, 3.8) is 0 Å². The summed E-state index contributed by atoms with van der Waals surface area (Å²) < 4.78 is 16.0. The van der Waals surface area contributed by atoms with E-state index in [9.17, 15) is 0 Å². The largest absolute Gasteiger partial charge is 0.497 e. The van der Waals surface area contributed by atoms with Gasteiger partial charge in [0.2, 0.25) is 6.79 Å². The molecule has 3 rings (SSSR count). The monoisotopic (exact) mass is 497 g/mol. The van der Waals surface area contributed by atoms with Crippen molar-refractivity contribution in [1.82, 2.24) is 10.6 Å². The molecule has 1 aliphatic heterocycles. The minimum absolute atomic E-state index is 0. The fourth-order valence-corrected chi connectivity index (χ4v) is 2.91. The third-order valence-electron chi connectivity index (χ3n) is 4.69. The van der Waals surface area contributed by atoms with E-state index in [4.69, 9.17) is 14.2 Å². The Kier molecular flexibility index (Phi) is 7.79. The van der Waals surface area contributed by atoms with Gasteiger partial charge >= 0.3 is 0 Å². The number of nitrogens with zero attached hydrogens (tertiary/aromatic N) is 1. The van der Waals surface area contributed by atoms with E-state index in [0.29, 0.717) is 6.54 Å². The lowest BCUT2D eigenvalue weighted by atomic mass is 9.84. The molecule has 0 atom stereocenters. The zero-order valence-electron chi connectivity index (χ0n) is 16.7. The number of aliphatic imine (C=N–C) groups is 1. The maximum atomic E-state index is 5.43. The van der Waals surface area contributed by atoms with E-state index in [-0.39, 0.29) is 36.2 Å². The van der Waals surface area contributed by atoms with Crippen molar-refractivity contribution < 1.29 is 14.2 Å². The molecule has 0 aromatic heterocycles. The van der Waals surface area contributed by atoms with Gasteiger partial charge in [-0.15, -0.1) is 24.0 Å². The van der Waals surface area contributed by atoms with Crippen molar-refractivity contribution in [2.75, 3.05) is 27.5 Å². The first-order valence-corrected chi connectivity index (χ1v) is 8.99. The van der Waals surface area contributed by atoms with Crippen LogP contribution in [0.15, 0.2) is 47.5 Å². The summed E-state index contributed by atoms with van der Waals surface area (Å²) in [6.07, 6.45) is 0. The molecular formula is C21H28IN3O3. The average molecular weight is 497 g/mol. The molecule has 0 spiro atoms. The molecule has 2 aromatic carbocycles. The standard InChI is InChI=1S/C21H27N3O3.HI/c1-21(2,16-6-8-17(25-4)9-7-16)13-24-20(22-3)23-12-15-5-10-18-19(11-15)27-14-26-18;/h5-11H,12-14H2,1-4H3,(H2,22,23,24);1H. The van der Waals surface area contributed by atoms with Crippen LogP contribution in [0, 0.1) is 0 Å². The predicted molar refractivity (Wildman–Crippen MR) is 122 cm³/mol. The molecule has 0 saturated carbocycles. The van der Waals surface area contributed by atoms with Gasteiger partial charge in [-0.1, -0.05) is 32.0 Å². The van der Waals surface area contributed by atoms with Crippen LogP contribution in [-0.2, 0) is 12.0 Å². The van der Waals surface area contributed by atoms with Crippen LogP contribution in [0.5, 0.6) is 17.2 Å². The lowest BCUT2D eigenvalue weighted by Crippen LogP contribution is -2.43. The van der Waals surface area contributed by atoms with Crippen molar-refractivity contribution in [1.29, 1.82) is 0 Å². The molecule has 0 radical (unpaired) electrons. The fraction of sp³-hybridized carbons (Fsp3) is 0.381. The van der Waals surface area contributed by atoms with Crippen molar-refractivity contribution in [2.24, 2.45) is 4.99 Å². The van der Waals surface area contributed by atoms with Crippen LogP contribution in [0.1, 0.15) is 25.0 Å². The number of rotatable bonds is 6. The summed E-state index contributed by atoms with van der Waals surface area (Å²) in [5.41, 5.74) is 2.29. The van der Waals surface area contributed by atoms with Gasteiger partial charge in [0.05, 0.1) is 7.11 Å². The van der Waals surface area contributed by atoms with E-state index in [1.54, 1.807) is 14.2 Å². The Morgan fingerprint density at radius 2 is 1.79 bits per heavy atom. The summed E-state index contributed by atoms with van der Waals surface area (Å²) in [4.78, 5) is 4.32. The topological polar surface area (TPSA) is 64.1 Å². The number of hydrogen-bond acceptors (Lipinski definition) is 4. The highest BCUT2D eigenvalue weighted by Gasteiger charge is 2.21.